The first-order valence-corrected chi connectivity index (χ1v) is 13.0. The van der Waals surface area contributed by atoms with Gasteiger partial charge < -0.3 is 5.73 Å². The number of rotatable bonds is 5. The maximum atomic E-state index is 3.68. The van der Waals surface area contributed by atoms with Crippen molar-refractivity contribution in [1.82, 2.24) is 0 Å². The second-order valence-electron chi connectivity index (χ2n) is 9.35. The molecule has 0 amide bonds. The molecular weight excluding hydrogens is 433 g/mol. The third-order valence-electron chi connectivity index (χ3n) is 7.01. The van der Waals surface area contributed by atoms with Gasteiger partial charge in [0.05, 0.1) is 6.54 Å². The molecule has 6 aromatic carbocycles. The Morgan fingerprint density at radius 3 is 1.11 bits per heavy atom. The Labute approximate surface area is 214 Å². The molecule has 0 radical (unpaired) electrons. The molecule has 6 rings (SSSR count). The molecule has 0 saturated carbocycles. The zero-order valence-corrected chi connectivity index (χ0v) is 21.0. The van der Waals surface area contributed by atoms with Gasteiger partial charge in [0.1, 0.15) is 0 Å². The van der Waals surface area contributed by atoms with Gasteiger partial charge in [-0.15, -0.1) is 0 Å². The normalized spacial score (nSPS) is 10.8. The summed E-state index contributed by atoms with van der Waals surface area (Å²) >= 11 is 0. The van der Waals surface area contributed by atoms with E-state index in [1.807, 2.05) is 0 Å². The molecule has 0 saturated heterocycles. The molecule has 0 atom stereocenters. The number of hydrogen-bond acceptors (Lipinski definition) is 0. The van der Waals surface area contributed by atoms with Gasteiger partial charge in [-0.05, 0) is 38.7 Å². The van der Waals surface area contributed by atoms with Crippen molar-refractivity contribution in [1.29, 1.82) is 0 Å². The lowest BCUT2D eigenvalue weighted by Gasteiger charge is -2.21. The van der Waals surface area contributed by atoms with Crippen LogP contribution in [0.5, 0.6) is 0 Å². The van der Waals surface area contributed by atoms with Crippen molar-refractivity contribution >= 4 is 55.4 Å². The Bertz CT molecular complexity index is 1400. The highest BCUT2D eigenvalue weighted by Crippen LogP contribution is 2.18. The number of unbranched alkanes of at least 4 members (excludes halogenated alkanes) is 1. The molecule has 2 heteroatoms. The Morgan fingerprint density at radius 1 is 0.472 bits per heavy atom. The van der Waals surface area contributed by atoms with Crippen LogP contribution in [0.4, 0.5) is 0 Å². The van der Waals surface area contributed by atoms with Gasteiger partial charge in [0.2, 0.25) is 6.71 Å². The van der Waals surface area contributed by atoms with Crippen molar-refractivity contribution in [3.05, 3.63) is 127 Å². The quantitative estimate of drug-likeness (QED) is 0.316. The molecule has 0 fully saturated rings. The molecule has 0 heterocycles. The van der Waals surface area contributed by atoms with Crippen molar-refractivity contribution in [2.24, 2.45) is 0 Å². The van der Waals surface area contributed by atoms with Crippen LogP contribution in [0.2, 0.25) is 0 Å². The minimum Gasteiger partial charge on any atom is -0.358 e. The summed E-state index contributed by atoms with van der Waals surface area (Å²) in [5, 5.41) is 7.80. The van der Waals surface area contributed by atoms with Gasteiger partial charge in [0.25, 0.3) is 0 Å². The van der Waals surface area contributed by atoms with Crippen LogP contribution < -0.4 is 22.1 Å². The molecule has 1 nitrogen and oxygen atoms in total. The molecule has 6 aromatic rings. The smallest absolute Gasteiger partial charge is 0.243 e. The zero-order chi connectivity index (χ0) is 24.7. The number of hydrogen-bond donors (Lipinski definition) is 1. The summed E-state index contributed by atoms with van der Waals surface area (Å²) in [5.41, 5.74) is 7.73. The van der Waals surface area contributed by atoms with E-state index in [-0.39, 0.29) is 6.71 Å². The highest BCUT2D eigenvalue weighted by atomic mass is 14.5. The van der Waals surface area contributed by atoms with Crippen LogP contribution in [0.3, 0.4) is 0 Å². The molecule has 0 bridgehead atoms. The standard InChI is InChI=1S/C30H21B.C4H11N/c1-4-16-25-22(10-1)13-7-19-28(25)31(29-20-8-14-23-11-2-5-17-26(23)29)30-21-9-15-24-12-3-6-18-27(24)30;1-2-3-4-5/h1-21H;2-5H2,1H3/p+1. The second kappa shape index (κ2) is 11.2. The van der Waals surface area contributed by atoms with Crippen molar-refractivity contribution in [2.45, 2.75) is 19.8 Å². The molecule has 0 aliphatic carbocycles. The Morgan fingerprint density at radius 2 is 0.806 bits per heavy atom. The molecule has 0 aliphatic rings. The van der Waals surface area contributed by atoms with Crippen LogP contribution in [0.25, 0.3) is 32.3 Å². The zero-order valence-electron chi connectivity index (χ0n) is 21.0. The first-order chi connectivity index (χ1) is 17.8. The molecule has 0 unspecified atom stereocenters. The first kappa shape index (κ1) is 23.8. The minimum absolute atomic E-state index is 0.142. The average molecular weight is 466 g/mol. The van der Waals surface area contributed by atoms with Crippen LogP contribution in [0.1, 0.15) is 19.8 Å². The molecule has 176 valence electrons. The molecule has 0 aliphatic heterocycles. The minimum atomic E-state index is 0.142. The average Bonchev–Trinajstić information content (AvgIpc) is 2.94. The highest BCUT2D eigenvalue weighted by Gasteiger charge is 2.26. The molecule has 0 spiro atoms. The Kier molecular flexibility index (Phi) is 7.45. The lowest BCUT2D eigenvalue weighted by molar-refractivity contribution is -0.368. The van der Waals surface area contributed by atoms with Crippen LogP contribution in [0, 0.1) is 0 Å². The summed E-state index contributed by atoms with van der Waals surface area (Å²) in [6, 6.07) is 46.3. The van der Waals surface area contributed by atoms with Gasteiger partial charge >= 0.3 is 0 Å². The molecule has 3 N–H and O–H groups in total. The predicted octanol–water partition coefficient (Wildman–Crippen LogP) is 5.69. The third kappa shape index (κ3) is 4.78. The van der Waals surface area contributed by atoms with Crippen LogP contribution in [-0.4, -0.2) is 13.3 Å². The lowest BCUT2D eigenvalue weighted by Crippen LogP contribution is -2.52. The summed E-state index contributed by atoms with van der Waals surface area (Å²) in [5.74, 6) is 0. The van der Waals surface area contributed by atoms with Gasteiger partial charge in [-0.25, -0.2) is 0 Å². The first-order valence-electron chi connectivity index (χ1n) is 13.0. The molecule has 36 heavy (non-hydrogen) atoms. The molecular formula is C34H33BN+. The van der Waals surface area contributed by atoms with Crippen LogP contribution >= 0.6 is 0 Å². The van der Waals surface area contributed by atoms with Crippen molar-refractivity contribution < 1.29 is 5.73 Å². The maximum Gasteiger partial charge on any atom is 0.243 e. The van der Waals surface area contributed by atoms with E-state index in [1.165, 1.54) is 61.5 Å². The summed E-state index contributed by atoms with van der Waals surface area (Å²) in [4.78, 5) is 0. The van der Waals surface area contributed by atoms with Crippen molar-refractivity contribution in [3.8, 4) is 0 Å². The highest BCUT2D eigenvalue weighted by molar-refractivity contribution is 6.99. The van der Waals surface area contributed by atoms with Gasteiger partial charge in [-0.1, -0.05) is 157 Å². The van der Waals surface area contributed by atoms with E-state index in [0.717, 1.165) is 6.54 Å². The monoisotopic (exact) mass is 466 g/mol. The van der Waals surface area contributed by atoms with E-state index < -0.39 is 0 Å². The predicted molar refractivity (Wildman–Crippen MR) is 159 cm³/mol. The van der Waals surface area contributed by atoms with Crippen molar-refractivity contribution in [3.63, 3.8) is 0 Å². The fourth-order valence-corrected chi connectivity index (χ4v) is 5.26. The Balaban J connectivity index is 0.000000489. The fraction of sp³-hybridized carbons (Fsp3) is 0.118. The van der Waals surface area contributed by atoms with Crippen molar-refractivity contribution in [2.75, 3.05) is 6.54 Å². The van der Waals surface area contributed by atoms with E-state index in [9.17, 15) is 0 Å². The van der Waals surface area contributed by atoms with E-state index in [2.05, 4.69) is 140 Å². The third-order valence-corrected chi connectivity index (χ3v) is 7.01. The topological polar surface area (TPSA) is 27.6 Å². The summed E-state index contributed by atoms with van der Waals surface area (Å²) in [6.07, 6.45) is 2.56. The van der Waals surface area contributed by atoms with Gasteiger partial charge in [0, 0.05) is 0 Å². The fourth-order valence-electron chi connectivity index (χ4n) is 5.26. The van der Waals surface area contributed by atoms with E-state index >= 15 is 0 Å². The van der Waals surface area contributed by atoms with Crippen LogP contribution in [-0.2, 0) is 0 Å². The second-order valence-corrected chi connectivity index (χ2v) is 9.35. The van der Waals surface area contributed by atoms with E-state index in [0.29, 0.717) is 0 Å². The Hall–Kier alpha value is -3.88. The summed E-state index contributed by atoms with van der Waals surface area (Å²) < 4.78 is 0. The number of fused-ring (bicyclic) bond motifs is 3. The SMILES string of the molecule is CCCC[NH3+].c1ccc2c(B(c3cccc4ccccc34)c3cccc4ccccc34)cccc2c1. The number of quaternary nitrogens is 1. The lowest BCUT2D eigenvalue weighted by atomic mass is 9.35. The molecule has 0 aromatic heterocycles. The van der Waals surface area contributed by atoms with Gasteiger partial charge in [-0.3, -0.25) is 0 Å². The maximum absolute atomic E-state index is 3.68. The number of benzene rings is 6. The summed E-state index contributed by atoms with van der Waals surface area (Å²) in [7, 11) is 0. The van der Waals surface area contributed by atoms with E-state index in [4.69, 9.17) is 0 Å². The van der Waals surface area contributed by atoms with Gasteiger partial charge in [-0.2, -0.15) is 0 Å². The largest absolute Gasteiger partial charge is 0.358 e. The summed E-state index contributed by atoms with van der Waals surface area (Å²) in [6.45, 7) is 3.41. The van der Waals surface area contributed by atoms with E-state index in [1.54, 1.807) is 0 Å². The van der Waals surface area contributed by atoms with Crippen LogP contribution in [0.15, 0.2) is 127 Å². The van der Waals surface area contributed by atoms with Gasteiger partial charge in [0.15, 0.2) is 0 Å².